The molecule has 0 atom stereocenters. The Hall–Kier alpha value is -3.41. The second kappa shape index (κ2) is 6.84. The Labute approximate surface area is 149 Å². The summed E-state index contributed by atoms with van der Waals surface area (Å²) in [6.07, 6.45) is 4.92. The third-order valence-electron chi connectivity index (χ3n) is 3.99. The van der Waals surface area contributed by atoms with Crippen molar-refractivity contribution in [3.8, 4) is 0 Å². The number of rotatable bonds is 5. The molecule has 2 aromatic carbocycles. The minimum atomic E-state index is -0.327. The van der Waals surface area contributed by atoms with Crippen molar-refractivity contribution in [1.82, 2.24) is 10.3 Å². The van der Waals surface area contributed by atoms with Crippen molar-refractivity contribution in [2.75, 3.05) is 5.32 Å². The minimum absolute atomic E-state index is 0.120. The van der Waals surface area contributed by atoms with Gasteiger partial charge in [-0.1, -0.05) is 18.2 Å². The molecule has 1 saturated carbocycles. The van der Waals surface area contributed by atoms with E-state index in [9.17, 15) is 9.59 Å². The van der Waals surface area contributed by atoms with Gasteiger partial charge >= 0.3 is 0 Å². The highest BCUT2D eigenvalue weighted by atomic mass is 16.3. The third-order valence-corrected chi connectivity index (χ3v) is 3.99. The predicted molar refractivity (Wildman–Crippen MR) is 98.6 cm³/mol. The molecule has 4 rings (SSSR count). The molecule has 0 saturated heterocycles. The highest BCUT2D eigenvalue weighted by Crippen LogP contribution is 2.20. The molecule has 6 heteroatoms. The van der Waals surface area contributed by atoms with Gasteiger partial charge in [0.1, 0.15) is 5.52 Å². The van der Waals surface area contributed by atoms with Gasteiger partial charge in [-0.2, -0.15) is 0 Å². The lowest BCUT2D eigenvalue weighted by atomic mass is 10.2. The van der Waals surface area contributed by atoms with Crippen LogP contribution in [0.1, 0.15) is 29.1 Å². The lowest BCUT2D eigenvalue weighted by molar-refractivity contribution is -0.111. The van der Waals surface area contributed by atoms with E-state index in [0.717, 1.165) is 18.4 Å². The number of para-hydroxylation sites is 2. The van der Waals surface area contributed by atoms with Gasteiger partial charge in [0.2, 0.25) is 11.8 Å². The molecule has 3 aromatic rings. The number of fused-ring (bicyclic) bond motifs is 1. The zero-order valence-corrected chi connectivity index (χ0v) is 13.9. The highest BCUT2D eigenvalue weighted by molar-refractivity contribution is 6.03. The first-order valence-corrected chi connectivity index (χ1v) is 8.43. The van der Waals surface area contributed by atoms with Crippen LogP contribution in [0.15, 0.2) is 59.0 Å². The molecule has 1 fully saturated rings. The fourth-order valence-electron chi connectivity index (χ4n) is 2.53. The van der Waals surface area contributed by atoms with Crippen molar-refractivity contribution in [2.45, 2.75) is 18.9 Å². The number of anilines is 1. The van der Waals surface area contributed by atoms with E-state index in [-0.39, 0.29) is 11.8 Å². The molecule has 0 bridgehead atoms. The summed E-state index contributed by atoms with van der Waals surface area (Å²) in [4.78, 5) is 28.4. The number of carbonyl (C=O) groups excluding carboxylic acids is 2. The number of oxazole rings is 1. The highest BCUT2D eigenvalue weighted by Gasteiger charge is 2.23. The smallest absolute Gasteiger partial charge is 0.251 e. The van der Waals surface area contributed by atoms with Crippen LogP contribution in [0.4, 0.5) is 5.69 Å². The summed E-state index contributed by atoms with van der Waals surface area (Å²) >= 11 is 0. The van der Waals surface area contributed by atoms with Gasteiger partial charge < -0.3 is 15.1 Å². The second-order valence-electron chi connectivity index (χ2n) is 6.17. The maximum Gasteiger partial charge on any atom is 0.251 e. The van der Waals surface area contributed by atoms with Gasteiger partial charge in [-0.25, -0.2) is 4.98 Å². The Bertz CT molecular complexity index is 969. The molecule has 0 unspecified atom stereocenters. The maximum atomic E-state index is 12.1. The van der Waals surface area contributed by atoms with Crippen LogP contribution in [0.5, 0.6) is 0 Å². The van der Waals surface area contributed by atoms with Crippen molar-refractivity contribution in [3.05, 3.63) is 66.1 Å². The molecule has 1 aromatic heterocycles. The van der Waals surface area contributed by atoms with Gasteiger partial charge in [0.25, 0.3) is 5.91 Å². The topological polar surface area (TPSA) is 84.2 Å². The van der Waals surface area contributed by atoms with Crippen molar-refractivity contribution in [3.63, 3.8) is 0 Å². The predicted octanol–water partition coefficient (Wildman–Crippen LogP) is 3.37. The average molecular weight is 347 g/mol. The number of carbonyl (C=O) groups is 2. The van der Waals surface area contributed by atoms with E-state index in [1.165, 1.54) is 12.2 Å². The Morgan fingerprint density at radius 2 is 1.96 bits per heavy atom. The van der Waals surface area contributed by atoms with Crippen LogP contribution in [0.3, 0.4) is 0 Å². The zero-order chi connectivity index (χ0) is 17.9. The number of nitrogens with one attached hydrogen (secondary N) is 2. The van der Waals surface area contributed by atoms with Gasteiger partial charge in [-0.15, -0.1) is 0 Å². The van der Waals surface area contributed by atoms with E-state index in [0.29, 0.717) is 28.8 Å². The first-order chi connectivity index (χ1) is 12.7. The van der Waals surface area contributed by atoms with Crippen molar-refractivity contribution >= 4 is 34.7 Å². The Balaban J connectivity index is 1.41. The molecule has 130 valence electrons. The van der Waals surface area contributed by atoms with E-state index in [1.807, 2.05) is 24.3 Å². The summed E-state index contributed by atoms with van der Waals surface area (Å²) in [6.45, 7) is 0. The molecule has 0 aliphatic heterocycles. The van der Waals surface area contributed by atoms with Crippen LogP contribution >= 0.6 is 0 Å². The fourth-order valence-corrected chi connectivity index (χ4v) is 2.53. The number of benzene rings is 2. The minimum Gasteiger partial charge on any atom is -0.437 e. The van der Waals surface area contributed by atoms with Crippen LogP contribution < -0.4 is 10.6 Å². The van der Waals surface area contributed by atoms with Gasteiger partial charge in [-0.3, -0.25) is 9.59 Å². The molecular formula is C20H17N3O3. The van der Waals surface area contributed by atoms with Crippen LogP contribution in [0.25, 0.3) is 17.2 Å². The summed E-state index contributed by atoms with van der Waals surface area (Å²) in [6, 6.07) is 14.5. The molecular weight excluding hydrogens is 330 g/mol. The summed E-state index contributed by atoms with van der Waals surface area (Å²) in [5.41, 5.74) is 2.49. The lowest BCUT2D eigenvalue weighted by Gasteiger charge is -2.06. The van der Waals surface area contributed by atoms with Crippen molar-refractivity contribution in [2.24, 2.45) is 0 Å². The molecule has 2 N–H and O–H groups in total. The summed E-state index contributed by atoms with van der Waals surface area (Å²) < 4.78 is 5.53. The number of aromatic nitrogens is 1. The Kier molecular flexibility index (Phi) is 4.23. The van der Waals surface area contributed by atoms with Gasteiger partial charge in [-0.05, 0) is 43.2 Å². The van der Waals surface area contributed by atoms with Crippen LogP contribution in [0, 0.1) is 0 Å². The second-order valence-corrected chi connectivity index (χ2v) is 6.17. The van der Waals surface area contributed by atoms with Crippen LogP contribution in [-0.4, -0.2) is 22.8 Å². The molecule has 0 spiro atoms. The maximum absolute atomic E-state index is 12.1. The van der Waals surface area contributed by atoms with E-state index >= 15 is 0 Å². The molecule has 1 aliphatic carbocycles. The van der Waals surface area contributed by atoms with E-state index in [4.69, 9.17) is 4.42 Å². The van der Waals surface area contributed by atoms with Gasteiger partial charge in [0, 0.05) is 29.4 Å². The van der Waals surface area contributed by atoms with Gasteiger partial charge in [0.05, 0.1) is 0 Å². The largest absolute Gasteiger partial charge is 0.437 e. The lowest BCUT2D eigenvalue weighted by Crippen LogP contribution is -2.25. The SMILES string of the molecule is O=C(C=Cc1nc2ccccc2o1)Nc1cccc(C(=O)NC2CC2)c1. The summed E-state index contributed by atoms with van der Waals surface area (Å²) in [5.74, 6) is -0.0865. The first kappa shape index (κ1) is 16.1. The Morgan fingerprint density at radius 3 is 2.77 bits per heavy atom. The van der Waals surface area contributed by atoms with Crippen LogP contribution in [-0.2, 0) is 4.79 Å². The number of amides is 2. The van der Waals surface area contributed by atoms with Crippen molar-refractivity contribution < 1.29 is 14.0 Å². The molecule has 26 heavy (non-hydrogen) atoms. The summed E-state index contributed by atoms with van der Waals surface area (Å²) in [5, 5.41) is 5.66. The van der Waals surface area contributed by atoms with Crippen molar-refractivity contribution in [1.29, 1.82) is 0 Å². The van der Waals surface area contributed by atoms with E-state index in [2.05, 4.69) is 15.6 Å². The molecule has 6 nitrogen and oxygen atoms in total. The monoisotopic (exact) mass is 347 g/mol. The van der Waals surface area contributed by atoms with Gasteiger partial charge in [0.15, 0.2) is 5.58 Å². The molecule has 1 heterocycles. The third kappa shape index (κ3) is 3.80. The standard InChI is InChI=1S/C20H17N3O3/c24-18(10-11-19-23-16-6-1-2-7-17(16)26-19)21-15-5-3-4-13(12-15)20(25)22-14-8-9-14/h1-7,10-12,14H,8-9H2,(H,21,24)(H,22,25). The molecule has 1 aliphatic rings. The van der Waals surface area contributed by atoms with Crippen LogP contribution in [0.2, 0.25) is 0 Å². The summed E-state index contributed by atoms with van der Waals surface area (Å²) in [7, 11) is 0. The fraction of sp³-hybridized carbons (Fsp3) is 0.150. The number of hydrogen-bond donors (Lipinski definition) is 2. The molecule has 0 radical (unpaired) electrons. The average Bonchev–Trinajstić information content (AvgIpc) is 3.35. The number of nitrogens with zero attached hydrogens (tertiary/aromatic N) is 1. The molecule has 2 amide bonds. The number of hydrogen-bond acceptors (Lipinski definition) is 4. The zero-order valence-electron chi connectivity index (χ0n) is 13.9. The van der Waals surface area contributed by atoms with E-state index < -0.39 is 0 Å². The quantitative estimate of drug-likeness (QED) is 0.693. The normalized spacial score (nSPS) is 13.8. The first-order valence-electron chi connectivity index (χ1n) is 8.43. The Morgan fingerprint density at radius 1 is 1.12 bits per heavy atom. The van der Waals surface area contributed by atoms with E-state index in [1.54, 1.807) is 24.3 Å².